The highest BCUT2D eigenvalue weighted by Crippen LogP contribution is 2.44. The minimum Gasteiger partial charge on any atom is -0.495 e. The van der Waals surface area contributed by atoms with Crippen molar-refractivity contribution in [3.05, 3.63) is 59.2 Å². The Morgan fingerprint density at radius 2 is 2.00 bits per heavy atom. The van der Waals surface area contributed by atoms with Gasteiger partial charge in [-0.2, -0.15) is 0 Å². The van der Waals surface area contributed by atoms with E-state index in [9.17, 15) is 9.90 Å². The van der Waals surface area contributed by atoms with Crippen LogP contribution in [-0.4, -0.2) is 24.8 Å². The number of rotatable bonds is 8. The molecule has 0 bridgehead atoms. The van der Waals surface area contributed by atoms with Crippen molar-refractivity contribution in [2.75, 3.05) is 13.7 Å². The van der Waals surface area contributed by atoms with Crippen LogP contribution in [0.4, 0.5) is 0 Å². The van der Waals surface area contributed by atoms with Gasteiger partial charge in [0.2, 0.25) is 0 Å². The maximum Gasteiger partial charge on any atom is 0.346 e. The number of benzene rings is 2. The van der Waals surface area contributed by atoms with Crippen LogP contribution in [0.15, 0.2) is 36.9 Å². The number of methoxy groups -OCH3 is 1. The summed E-state index contributed by atoms with van der Waals surface area (Å²) in [5, 5.41) is 10.7. The number of carbonyl (C=O) groups is 1. The summed E-state index contributed by atoms with van der Waals surface area (Å²) < 4.78 is 23.4. The molecular formula is C26H32O6. The third-order valence-electron chi connectivity index (χ3n) is 5.55. The van der Waals surface area contributed by atoms with Gasteiger partial charge in [-0.3, -0.25) is 0 Å². The van der Waals surface area contributed by atoms with Crippen molar-refractivity contribution >= 4 is 5.97 Å². The van der Waals surface area contributed by atoms with E-state index in [4.69, 9.17) is 18.9 Å². The predicted octanol–water partition coefficient (Wildman–Crippen LogP) is 5.75. The molecule has 1 aliphatic heterocycles. The molecule has 2 aromatic carbocycles. The van der Waals surface area contributed by atoms with E-state index in [2.05, 4.69) is 20.4 Å². The van der Waals surface area contributed by atoms with Crippen molar-refractivity contribution < 1.29 is 28.8 Å². The standard InChI is InChI=1S/C26H32O6/c1-7-17(5)23(27)19-8-9-20-22(25(19)29-6)26(28)31-14-18-12-16(4)13-21(24(18)32-20)30-11-10-15(2)3/h7-9,12-13,15,17,23,27H,1,10-11,14H2,2-6H3. The van der Waals surface area contributed by atoms with Crippen molar-refractivity contribution in [2.24, 2.45) is 11.8 Å². The number of aliphatic hydroxyl groups is 1. The van der Waals surface area contributed by atoms with Crippen LogP contribution in [0, 0.1) is 18.8 Å². The van der Waals surface area contributed by atoms with Crippen molar-refractivity contribution in [1.82, 2.24) is 0 Å². The molecule has 2 unspecified atom stereocenters. The van der Waals surface area contributed by atoms with E-state index in [0.717, 1.165) is 17.5 Å². The van der Waals surface area contributed by atoms with E-state index in [-0.39, 0.29) is 29.6 Å². The third-order valence-corrected chi connectivity index (χ3v) is 5.55. The fourth-order valence-electron chi connectivity index (χ4n) is 3.60. The van der Waals surface area contributed by atoms with Gasteiger partial charge >= 0.3 is 5.97 Å². The molecule has 172 valence electrons. The zero-order chi connectivity index (χ0) is 23.4. The number of esters is 1. The number of cyclic esters (lactones) is 1. The lowest BCUT2D eigenvalue weighted by Gasteiger charge is -2.25. The van der Waals surface area contributed by atoms with Gasteiger partial charge in [0.05, 0.1) is 19.8 Å². The molecule has 2 aromatic rings. The molecule has 0 amide bonds. The first-order valence-corrected chi connectivity index (χ1v) is 10.9. The molecule has 0 radical (unpaired) electrons. The SMILES string of the molecule is C=CC(C)C(O)c1ccc2c(c1OC)C(=O)OCc1cc(C)cc(OCCC(C)C)c1O2. The van der Waals surface area contributed by atoms with Crippen LogP contribution in [0.1, 0.15) is 60.3 Å². The van der Waals surface area contributed by atoms with Gasteiger partial charge < -0.3 is 24.1 Å². The molecule has 0 fully saturated rings. The summed E-state index contributed by atoms with van der Waals surface area (Å²) >= 11 is 0. The van der Waals surface area contributed by atoms with E-state index in [1.165, 1.54) is 7.11 Å². The lowest BCUT2D eigenvalue weighted by Crippen LogP contribution is -2.16. The van der Waals surface area contributed by atoms with Crippen LogP contribution in [0.3, 0.4) is 0 Å². The fraction of sp³-hybridized carbons (Fsp3) is 0.423. The van der Waals surface area contributed by atoms with Crippen LogP contribution in [0.25, 0.3) is 0 Å². The van der Waals surface area contributed by atoms with Gasteiger partial charge in [-0.1, -0.05) is 26.8 Å². The van der Waals surface area contributed by atoms with Crippen molar-refractivity contribution in [3.63, 3.8) is 0 Å². The van der Waals surface area contributed by atoms with Crippen LogP contribution in [0.2, 0.25) is 0 Å². The van der Waals surface area contributed by atoms with E-state index in [1.54, 1.807) is 18.2 Å². The summed E-state index contributed by atoms with van der Waals surface area (Å²) in [6.45, 7) is 12.4. The summed E-state index contributed by atoms with van der Waals surface area (Å²) in [4.78, 5) is 13.0. The van der Waals surface area contributed by atoms with Gasteiger partial charge in [0, 0.05) is 17.0 Å². The second kappa shape index (κ2) is 10.1. The highest BCUT2D eigenvalue weighted by molar-refractivity contribution is 5.96. The van der Waals surface area contributed by atoms with E-state index < -0.39 is 12.1 Å². The maximum atomic E-state index is 13.0. The Morgan fingerprint density at radius 3 is 2.66 bits per heavy atom. The Labute approximate surface area is 189 Å². The van der Waals surface area contributed by atoms with Crippen molar-refractivity contribution in [2.45, 2.75) is 46.8 Å². The molecular weight excluding hydrogens is 408 g/mol. The first-order chi connectivity index (χ1) is 15.3. The number of hydrogen-bond acceptors (Lipinski definition) is 6. The molecule has 32 heavy (non-hydrogen) atoms. The van der Waals surface area contributed by atoms with Gasteiger partial charge in [-0.25, -0.2) is 4.79 Å². The molecule has 2 atom stereocenters. The Morgan fingerprint density at radius 1 is 1.25 bits per heavy atom. The zero-order valence-corrected chi connectivity index (χ0v) is 19.4. The van der Waals surface area contributed by atoms with Gasteiger partial charge in [-0.05, 0) is 49.1 Å². The minimum atomic E-state index is -0.893. The number of fused-ring (bicyclic) bond motifs is 2. The molecule has 0 spiro atoms. The van der Waals surface area contributed by atoms with Gasteiger partial charge in [0.15, 0.2) is 11.5 Å². The Hall–Kier alpha value is -2.99. The Kier molecular flexibility index (Phi) is 7.46. The van der Waals surface area contributed by atoms with Crippen molar-refractivity contribution in [1.29, 1.82) is 0 Å². The number of hydrogen-bond donors (Lipinski definition) is 1. The normalized spacial score (nSPS) is 14.8. The molecule has 0 aliphatic carbocycles. The molecule has 1 N–H and O–H groups in total. The molecule has 6 heteroatoms. The molecule has 0 saturated carbocycles. The molecule has 6 nitrogen and oxygen atoms in total. The second-order valence-electron chi connectivity index (χ2n) is 8.56. The Bertz CT molecular complexity index is 994. The highest BCUT2D eigenvalue weighted by atomic mass is 16.6. The van der Waals surface area contributed by atoms with Gasteiger partial charge in [0.25, 0.3) is 0 Å². The molecule has 0 saturated heterocycles. The molecule has 0 aromatic heterocycles. The summed E-state index contributed by atoms with van der Waals surface area (Å²) in [7, 11) is 1.45. The van der Waals surface area contributed by atoms with Crippen LogP contribution >= 0.6 is 0 Å². The lowest BCUT2D eigenvalue weighted by molar-refractivity contribution is 0.0453. The number of ether oxygens (including phenoxy) is 4. The molecule has 1 aliphatic rings. The fourth-order valence-corrected chi connectivity index (χ4v) is 3.60. The van der Waals surface area contributed by atoms with E-state index in [0.29, 0.717) is 29.6 Å². The van der Waals surface area contributed by atoms with Crippen LogP contribution < -0.4 is 14.2 Å². The zero-order valence-electron chi connectivity index (χ0n) is 19.4. The largest absolute Gasteiger partial charge is 0.495 e. The lowest BCUT2D eigenvalue weighted by atomic mass is 9.94. The maximum absolute atomic E-state index is 13.0. The first-order valence-electron chi connectivity index (χ1n) is 10.9. The molecule has 1 heterocycles. The smallest absolute Gasteiger partial charge is 0.346 e. The number of aliphatic hydroxyl groups excluding tert-OH is 1. The predicted molar refractivity (Wildman–Crippen MR) is 123 cm³/mol. The average Bonchev–Trinajstić information content (AvgIpc) is 2.76. The first kappa shape index (κ1) is 23.7. The average molecular weight is 441 g/mol. The Balaban J connectivity index is 2.08. The number of carbonyl (C=O) groups excluding carboxylic acids is 1. The topological polar surface area (TPSA) is 74.2 Å². The van der Waals surface area contributed by atoms with E-state index in [1.807, 2.05) is 26.0 Å². The third kappa shape index (κ3) is 4.91. The summed E-state index contributed by atoms with van der Waals surface area (Å²) in [5.74, 6) is 1.33. The monoisotopic (exact) mass is 440 g/mol. The quantitative estimate of drug-likeness (QED) is 0.416. The van der Waals surface area contributed by atoms with Gasteiger partial charge in [0.1, 0.15) is 23.7 Å². The summed E-state index contributed by atoms with van der Waals surface area (Å²) in [5.41, 5.74) is 2.32. The summed E-state index contributed by atoms with van der Waals surface area (Å²) in [6, 6.07) is 7.19. The second-order valence-corrected chi connectivity index (χ2v) is 8.56. The highest BCUT2D eigenvalue weighted by Gasteiger charge is 2.30. The van der Waals surface area contributed by atoms with Crippen LogP contribution in [0.5, 0.6) is 23.0 Å². The van der Waals surface area contributed by atoms with E-state index >= 15 is 0 Å². The van der Waals surface area contributed by atoms with Crippen LogP contribution in [-0.2, 0) is 11.3 Å². The van der Waals surface area contributed by atoms with Gasteiger partial charge in [-0.15, -0.1) is 6.58 Å². The summed E-state index contributed by atoms with van der Waals surface area (Å²) in [6.07, 6.45) is 1.66. The minimum absolute atomic E-state index is 0.0365. The van der Waals surface area contributed by atoms with Crippen molar-refractivity contribution in [3.8, 4) is 23.0 Å². The number of aryl methyl sites for hydroxylation is 1. The molecule has 3 rings (SSSR count).